The summed E-state index contributed by atoms with van der Waals surface area (Å²) in [7, 11) is 0. The molecule has 0 spiro atoms. The quantitative estimate of drug-likeness (QED) is 0.718. The van der Waals surface area contributed by atoms with E-state index in [1.54, 1.807) is 0 Å². The van der Waals surface area contributed by atoms with Crippen LogP contribution in [0.4, 0.5) is 0 Å². The highest BCUT2D eigenvalue weighted by atomic mass is 16.1. The minimum atomic E-state index is 0.0262. The second-order valence-corrected chi connectivity index (χ2v) is 10.0. The molecular weight excluding hydrogens is 308 g/mol. The van der Waals surface area contributed by atoms with E-state index < -0.39 is 0 Å². The molecule has 3 heteroatoms. The maximum absolute atomic E-state index is 12.5. The molecule has 0 amide bonds. The van der Waals surface area contributed by atoms with Crippen molar-refractivity contribution in [3.8, 4) is 0 Å². The van der Waals surface area contributed by atoms with Gasteiger partial charge < -0.3 is 4.57 Å². The fourth-order valence-corrected chi connectivity index (χ4v) is 7.76. The molecule has 1 heterocycles. The number of aromatic nitrogens is 2. The van der Waals surface area contributed by atoms with Crippen LogP contribution in [0.5, 0.6) is 0 Å². The Morgan fingerprint density at radius 2 is 1.96 bits per heavy atom. The first-order chi connectivity index (χ1) is 12.0. The second kappa shape index (κ2) is 5.44. The Labute approximate surface area is 151 Å². The van der Waals surface area contributed by atoms with E-state index >= 15 is 0 Å². The van der Waals surface area contributed by atoms with Crippen LogP contribution in [-0.2, 0) is 4.79 Å². The standard InChI is InChI=1S/C22H32N2O/c1-21-9-7-16(24-12-11-23-14-24)13-15(21)3-4-17-18-5-6-20(25)22(18,2)10-8-19(17)21/h11-12,14-19H,3-10,13H2,1-2H3/t15-,16+,17-,18-,19-,21-,22-/m0/s1. The fourth-order valence-electron chi connectivity index (χ4n) is 7.76. The Morgan fingerprint density at radius 1 is 1.08 bits per heavy atom. The molecule has 0 N–H and O–H groups in total. The van der Waals surface area contributed by atoms with Gasteiger partial charge in [-0.3, -0.25) is 4.79 Å². The van der Waals surface area contributed by atoms with Gasteiger partial charge in [0.1, 0.15) is 5.78 Å². The minimum absolute atomic E-state index is 0.0262. The Kier molecular flexibility index (Phi) is 3.50. The molecule has 5 rings (SSSR count). The van der Waals surface area contributed by atoms with Crippen LogP contribution < -0.4 is 0 Å². The van der Waals surface area contributed by atoms with Gasteiger partial charge in [0.25, 0.3) is 0 Å². The highest BCUT2D eigenvalue weighted by Crippen LogP contribution is 2.66. The van der Waals surface area contributed by atoms with Crippen LogP contribution in [0.15, 0.2) is 18.7 Å². The molecule has 1 aromatic heterocycles. The number of nitrogens with zero attached hydrogens (tertiary/aromatic N) is 2. The van der Waals surface area contributed by atoms with Crippen molar-refractivity contribution in [2.75, 3.05) is 0 Å². The van der Waals surface area contributed by atoms with Gasteiger partial charge in [-0.05, 0) is 80.5 Å². The number of fused-ring (bicyclic) bond motifs is 5. The number of Topliss-reactive ketones (excluding diaryl/α,β-unsaturated/α-hetero) is 1. The van der Waals surface area contributed by atoms with Crippen LogP contribution in [0.1, 0.15) is 77.7 Å². The molecule has 7 atom stereocenters. The zero-order valence-corrected chi connectivity index (χ0v) is 15.8. The average molecular weight is 341 g/mol. The van der Waals surface area contributed by atoms with Crippen LogP contribution in [0, 0.1) is 34.5 Å². The van der Waals surface area contributed by atoms with Gasteiger partial charge in [0.05, 0.1) is 6.33 Å². The Balaban J connectivity index is 1.40. The predicted octanol–water partition coefficient (Wildman–Crippen LogP) is 5.04. The number of hydrogen-bond donors (Lipinski definition) is 0. The lowest BCUT2D eigenvalue weighted by Gasteiger charge is -2.60. The van der Waals surface area contributed by atoms with Crippen molar-refractivity contribution >= 4 is 5.78 Å². The molecule has 3 nitrogen and oxygen atoms in total. The van der Waals surface area contributed by atoms with Crippen LogP contribution in [-0.4, -0.2) is 15.3 Å². The topological polar surface area (TPSA) is 34.9 Å². The zero-order valence-electron chi connectivity index (χ0n) is 15.8. The molecule has 4 aliphatic rings. The van der Waals surface area contributed by atoms with Gasteiger partial charge >= 0.3 is 0 Å². The summed E-state index contributed by atoms with van der Waals surface area (Å²) in [5.74, 6) is 3.79. The number of imidazole rings is 1. The maximum Gasteiger partial charge on any atom is 0.139 e. The van der Waals surface area contributed by atoms with Crippen molar-refractivity contribution in [3.05, 3.63) is 18.7 Å². The maximum atomic E-state index is 12.5. The van der Waals surface area contributed by atoms with Crippen LogP contribution in [0.25, 0.3) is 0 Å². The number of rotatable bonds is 1. The van der Waals surface area contributed by atoms with Gasteiger partial charge in [-0.1, -0.05) is 13.8 Å². The molecule has 1 aromatic rings. The first-order valence-corrected chi connectivity index (χ1v) is 10.5. The van der Waals surface area contributed by atoms with Gasteiger partial charge in [-0.25, -0.2) is 4.98 Å². The van der Waals surface area contributed by atoms with Gasteiger partial charge in [0, 0.05) is 30.3 Å². The first-order valence-electron chi connectivity index (χ1n) is 10.5. The second-order valence-electron chi connectivity index (χ2n) is 10.0. The number of carbonyl (C=O) groups excluding carboxylic acids is 1. The number of ketones is 1. The summed E-state index contributed by atoms with van der Waals surface area (Å²) in [5.41, 5.74) is 0.533. The molecule has 4 aliphatic carbocycles. The molecule has 4 fully saturated rings. The Bertz CT molecular complexity index is 668. The Hall–Kier alpha value is -1.12. The number of hydrogen-bond acceptors (Lipinski definition) is 2. The summed E-state index contributed by atoms with van der Waals surface area (Å²) >= 11 is 0. The summed E-state index contributed by atoms with van der Waals surface area (Å²) < 4.78 is 2.35. The monoisotopic (exact) mass is 340 g/mol. The number of carbonyl (C=O) groups is 1. The van der Waals surface area contributed by atoms with E-state index in [0.717, 1.165) is 30.6 Å². The van der Waals surface area contributed by atoms with Crippen LogP contribution >= 0.6 is 0 Å². The smallest absolute Gasteiger partial charge is 0.139 e. The van der Waals surface area contributed by atoms with E-state index in [2.05, 4.69) is 29.6 Å². The van der Waals surface area contributed by atoms with Crippen molar-refractivity contribution in [2.45, 2.75) is 77.7 Å². The fraction of sp³-hybridized carbons (Fsp3) is 0.818. The van der Waals surface area contributed by atoms with Gasteiger partial charge in [0.15, 0.2) is 0 Å². The predicted molar refractivity (Wildman–Crippen MR) is 98.0 cm³/mol. The van der Waals surface area contributed by atoms with Crippen molar-refractivity contribution in [2.24, 2.45) is 34.5 Å². The third-order valence-corrected chi connectivity index (χ3v) is 9.29. The van der Waals surface area contributed by atoms with E-state index in [-0.39, 0.29) is 5.41 Å². The Morgan fingerprint density at radius 3 is 2.76 bits per heavy atom. The molecule has 0 bridgehead atoms. The lowest BCUT2D eigenvalue weighted by atomic mass is 9.45. The molecule has 0 aliphatic heterocycles. The van der Waals surface area contributed by atoms with E-state index in [1.807, 2.05) is 12.5 Å². The van der Waals surface area contributed by atoms with E-state index in [0.29, 0.717) is 23.2 Å². The van der Waals surface area contributed by atoms with Crippen molar-refractivity contribution < 1.29 is 4.79 Å². The highest BCUT2D eigenvalue weighted by molar-refractivity contribution is 5.87. The molecule has 0 radical (unpaired) electrons. The molecule has 0 unspecified atom stereocenters. The van der Waals surface area contributed by atoms with Crippen LogP contribution in [0.2, 0.25) is 0 Å². The normalized spacial score (nSPS) is 49.4. The third kappa shape index (κ3) is 2.16. The molecule has 136 valence electrons. The zero-order chi connectivity index (χ0) is 17.2. The SMILES string of the molecule is C[C@]12CC[C@@H](n3ccnc3)C[C@@H]1CC[C@@H]1[C@@H]2CC[C@]2(C)C(=O)CC[C@@H]12. The minimum Gasteiger partial charge on any atom is -0.334 e. The van der Waals surface area contributed by atoms with E-state index in [9.17, 15) is 4.79 Å². The van der Waals surface area contributed by atoms with Crippen molar-refractivity contribution in [1.82, 2.24) is 9.55 Å². The molecule has 0 saturated heterocycles. The lowest BCUT2D eigenvalue weighted by molar-refractivity contribution is -0.139. The van der Waals surface area contributed by atoms with E-state index in [1.165, 1.54) is 44.9 Å². The summed E-state index contributed by atoms with van der Waals surface area (Å²) in [6.45, 7) is 4.91. The summed E-state index contributed by atoms with van der Waals surface area (Å²) in [6.07, 6.45) is 17.3. The summed E-state index contributed by atoms with van der Waals surface area (Å²) in [4.78, 5) is 16.8. The third-order valence-electron chi connectivity index (χ3n) is 9.29. The molecule has 25 heavy (non-hydrogen) atoms. The van der Waals surface area contributed by atoms with Gasteiger partial charge in [0.2, 0.25) is 0 Å². The summed E-state index contributed by atoms with van der Waals surface area (Å²) in [5, 5.41) is 0. The molecular formula is C22H32N2O. The highest BCUT2D eigenvalue weighted by Gasteiger charge is 2.60. The first kappa shape index (κ1) is 16.1. The van der Waals surface area contributed by atoms with Gasteiger partial charge in [-0.15, -0.1) is 0 Å². The lowest BCUT2D eigenvalue weighted by Crippen LogP contribution is -2.53. The summed E-state index contributed by atoms with van der Waals surface area (Å²) in [6, 6.07) is 0.652. The van der Waals surface area contributed by atoms with Crippen molar-refractivity contribution in [3.63, 3.8) is 0 Å². The van der Waals surface area contributed by atoms with Crippen LogP contribution in [0.3, 0.4) is 0 Å². The largest absolute Gasteiger partial charge is 0.334 e. The average Bonchev–Trinajstić information content (AvgIpc) is 3.23. The van der Waals surface area contributed by atoms with Gasteiger partial charge in [-0.2, -0.15) is 0 Å². The van der Waals surface area contributed by atoms with Crippen molar-refractivity contribution in [1.29, 1.82) is 0 Å². The molecule has 4 saturated carbocycles. The molecule has 0 aromatic carbocycles. The van der Waals surface area contributed by atoms with E-state index in [4.69, 9.17) is 0 Å².